The van der Waals surface area contributed by atoms with E-state index in [-0.39, 0.29) is 11.5 Å². The van der Waals surface area contributed by atoms with Crippen LogP contribution < -0.4 is 0 Å². The highest BCUT2D eigenvalue weighted by Crippen LogP contribution is 2.27. The zero-order chi connectivity index (χ0) is 13.0. The molecule has 0 spiro atoms. The quantitative estimate of drug-likeness (QED) is 0.623. The molecule has 2 rings (SSSR count). The minimum Gasteiger partial charge on any atom is -0.504 e. The summed E-state index contributed by atoms with van der Waals surface area (Å²) in [6.45, 7) is 0. The van der Waals surface area contributed by atoms with Gasteiger partial charge in [-0.3, -0.25) is 4.99 Å². The average Bonchev–Trinajstić information content (AvgIpc) is 2.41. The molecule has 0 radical (unpaired) electrons. The Balaban J connectivity index is 2.25. The molecule has 2 N–H and O–H groups in total. The average molecular weight is 238 g/mol. The van der Waals surface area contributed by atoms with Crippen molar-refractivity contribution in [3.63, 3.8) is 0 Å². The lowest BCUT2D eigenvalue weighted by Gasteiger charge is -2.00. The van der Waals surface area contributed by atoms with Crippen molar-refractivity contribution in [3.8, 4) is 17.6 Å². The fraction of sp³-hybridized carbons (Fsp3) is 0. The van der Waals surface area contributed by atoms with E-state index < -0.39 is 0 Å². The minimum atomic E-state index is -0.199. The molecule has 2 aromatic rings. The summed E-state index contributed by atoms with van der Waals surface area (Å²) in [6, 6.07) is 13.4. The molecule has 0 heterocycles. The second-order valence-electron chi connectivity index (χ2n) is 3.63. The summed E-state index contributed by atoms with van der Waals surface area (Å²) in [7, 11) is 0. The van der Waals surface area contributed by atoms with Gasteiger partial charge in [-0.2, -0.15) is 5.26 Å². The largest absolute Gasteiger partial charge is 0.504 e. The van der Waals surface area contributed by atoms with Gasteiger partial charge in [-0.15, -0.1) is 0 Å². The van der Waals surface area contributed by atoms with Crippen molar-refractivity contribution < 1.29 is 10.2 Å². The van der Waals surface area contributed by atoms with E-state index in [4.69, 9.17) is 5.26 Å². The molecular weight excluding hydrogens is 228 g/mol. The molecule has 88 valence electrons. The van der Waals surface area contributed by atoms with Gasteiger partial charge in [0, 0.05) is 11.8 Å². The molecule has 0 atom stereocenters. The molecule has 0 amide bonds. The van der Waals surface area contributed by atoms with Crippen LogP contribution in [0.3, 0.4) is 0 Å². The highest BCUT2D eigenvalue weighted by molar-refractivity contribution is 5.86. The number of phenols is 2. The van der Waals surface area contributed by atoms with Crippen LogP contribution in [0, 0.1) is 11.3 Å². The molecule has 0 unspecified atom stereocenters. The molecule has 4 nitrogen and oxygen atoms in total. The van der Waals surface area contributed by atoms with Gasteiger partial charge in [-0.05, 0) is 36.4 Å². The predicted octanol–water partition coefficient (Wildman–Crippen LogP) is 2.72. The van der Waals surface area contributed by atoms with Crippen molar-refractivity contribution in [3.05, 3.63) is 53.6 Å². The smallest absolute Gasteiger partial charge is 0.166 e. The fourth-order valence-corrected chi connectivity index (χ4v) is 1.42. The predicted molar refractivity (Wildman–Crippen MR) is 68.2 cm³/mol. The van der Waals surface area contributed by atoms with Gasteiger partial charge in [0.15, 0.2) is 11.5 Å². The van der Waals surface area contributed by atoms with Crippen LogP contribution in [0.5, 0.6) is 11.5 Å². The van der Waals surface area contributed by atoms with Crippen LogP contribution in [-0.2, 0) is 0 Å². The lowest BCUT2D eigenvalue weighted by molar-refractivity contribution is 0.403. The Kier molecular flexibility index (Phi) is 3.26. The van der Waals surface area contributed by atoms with Crippen molar-refractivity contribution in [2.24, 2.45) is 4.99 Å². The zero-order valence-corrected chi connectivity index (χ0v) is 9.41. The number of aromatic hydroxyl groups is 2. The molecule has 0 aliphatic rings. The van der Waals surface area contributed by atoms with Crippen LogP contribution in [0.15, 0.2) is 47.5 Å². The van der Waals surface area contributed by atoms with Crippen molar-refractivity contribution in [2.75, 3.05) is 0 Å². The number of phenolic OH excluding ortho intramolecular Hbond substituents is 2. The normalized spacial score (nSPS) is 10.4. The Hall–Kier alpha value is -2.80. The molecule has 0 fully saturated rings. The van der Waals surface area contributed by atoms with Crippen molar-refractivity contribution in [1.29, 1.82) is 5.26 Å². The van der Waals surface area contributed by atoms with Gasteiger partial charge >= 0.3 is 0 Å². The highest BCUT2D eigenvalue weighted by atomic mass is 16.3. The summed E-state index contributed by atoms with van der Waals surface area (Å²) in [5, 5.41) is 27.5. The topological polar surface area (TPSA) is 76.6 Å². The van der Waals surface area contributed by atoms with E-state index in [1.165, 1.54) is 12.3 Å². The maximum Gasteiger partial charge on any atom is 0.166 e. The third-order valence-electron chi connectivity index (χ3n) is 2.40. The molecule has 0 bridgehead atoms. The minimum absolute atomic E-state index is 0.182. The van der Waals surface area contributed by atoms with Crippen LogP contribution in [0.1, 0.15) is 11.1 Å². The number of aliphatic imine (C=N–C) groups is 1. The van der Waals surface area contributed by atoms with Gasteiger partial charge in [0.25, 0.3) is 0 Å². The van der Waals surface area contributed by atoms with E-state index in [9.17, 15) is 10.2 Å². The van der Waals surface area contributed by atoms with E-state index in [1.807, 2.05) is 6.07 Å². The summed E-state index contributed by atoms with van der Waals surface area (Å²) in [4.78, 5) is 4.15. The monoisotopic (exact) mass is 238 g/mol. The molecule has 0 saturated heterocycles. The summed E-state index contributed by atoms with van der Waals surface area (Å²) < 4.78 is 0. The maximum atomic E-state index is 9.57. The van der Waals surface area contributed by atoms with Gasteiger partial charge in [-0.1, -0.05) is 6.07 Å². The number of nitriles is 1. The highest BCUT2D eigenvalue weighted by Gasteiger charge is 2.02. The van der Waals surface area contributed by atoms with Crippen LogP contribution in [0.25, 0.3) is 0 Å². The van der Waals surface area contributed by atoms with E-state index in [2.05, 4.69) is 4.99 Å². The van der Waals surface area contributed by atoms with Crippen LogP contribution in [-0.4, -0.2) is 16.4 Å². The fourth-order valence-electron chi connectivity index (χ4n) is 1.42. The molecule has 4 heteroatoms. The molecule has 0 aliphatic carbocycles. The number of nitrogens with zero attached hydrogens (tertiary/aromatic N) is 2. The second-order valence-corrected chi connectivity index (χ2v) is 3.63. The molecule has 0 saturated carbocycles. The van der Waals surface area contributed by atoms with Gasteiger partial charge in [0.05, 0.1) is 17.3 Å². The summed E-state index contributed by atoms with van der Waals surface area (Å²) >= 11 is 0. The first-order valence-electron chi connectivity index (χ1n) is 5.26. The molecule has 2 aromatic carbocycles. The second kappa shape index (κ2) is 5.02. The SMILES string of the molecule is N#Cc1ccc(/N=C/c2cccc(O)c2O)cc1. The Morgan fingerprint density at radius 2 is 1.78 bits per heavy atom. The van der Waals surface area contributed by atoms with E-state index in [1.54, 1.807) is 36.4 Å². The van der Waals surface area contributed by atoms with Crippen LogP contribution in [0.2, 0.25) is 0 Å². The van der Waals surface area contributed by atoms with Crippen molar-refractivity contribution in [2.45, 2.75) is 0 Å². The standard InChI is InChI=1S/C14H10N2O2/c15-8-10-4-6-12(7-5-10)16-9-11-2-1-3-13(17)14(11)18/h1-7,9,17-18H/b16-9+. The molecule has 0 aromatic heterocycles. The first-order valence-corrected chi connectivity index (χ1v) is 5.26. The zero-order valence-electron chi connectivity index (χ0n) is 9.41. The summed E-state index contributed by atoms with van der Waals surface area (Å²) in [5.74, 6) is -0.381. The van der Waals surface area contributed by atoms with Crippen molar-refractivity contribution in [1.82, 2.24) is 0 Å². The first-order chi connectivity index (χ1) is 8.70. The number of rotatable bonds is 2. The van der Waals surface area contributed by atoms with Crippen LogP contribution >= 0.6 is 0 Å². The lowest BCUT2D eigenvalue weighted by atomic mass is 10.2. The van der Waals surface area contributed by atoms with Crippen LogP contribution in [0.4, 0.5) is 5.69 Å². The van der Waals surface area contributed by atoms with Gasteiger partial charge < -0.3 is 10.2 Å². The summed E-state index contributed by atoms with van der Waals surface area (Å²) in [5.41, 5.74) is 1.66. The Labute approximate surface area is 104 Å². The Morgan fingerprint density at radius 1 is 1.06 bits per heavy atom. The Bertz CT molecular complexity index is 625. The van der Waals surface area contributed by atoms with E-state index in [0.717, 1.165) is 0 Å². The number of hydrogen-bond donors (Lipinski definition) is 2. The van der Waals surface area contributed by atoms with E-state index in [0.29, 0.717) is 16.8 Å². The van der Waals surface area contributed by atoms with Crippen molar-refractivity contribution >= 4 is 11.9 Å². The van der Waals surface area contributed by atoms with Gasteiger partial charge in [0.1, 0.15) is 0 Å². The molecule has 0 aliphatic heterocycles. The number of hydrogen-bond acceptors (Lipinski definition) is 4. The Morgan fingerprint density at radius 3 is 2.44 bits per heavy atom. The number of para-hydroxylation sites is 1. The molecular formula is C14H10N2O2. The first kappa shape index (κ1) is 11.7. The lowest BCUT2D eigenvalue weighted by Crippen LogP contribution is -1.82. The van der Waals surface area contributed by atoms with Gasteiger partial charge in [-0.25, -0.2) is 0 Å². The van der Waals surface area contributed by atoms with Gasteiger partial charge in [0.2, 0.25) is 0 Å². The summed E-state index contributed by atoms with van der Waals surface area (Å²) in [6.07, 6.45) is 1.45. The third-order valence-corrected chi connectivity index (χ3v) is 2.40. The maximum absolute atomic E-state index is 9.57. The van der Waals surface area contributed by atoms with E-state index >= 15 is 0 Å². The molecule has 18 heavy (non-hydrogen) atoms. The number of benzene rings is 2. The third kappa shape index (κ3) is 2.47.